The number of benzene rings is 1. The molecule has 0 fully saturated rings. The summed E-state index contributed by atoms with van der Waals surface area (Å²) in [7, 11) is 1.92. The van der Waals surface area contributed by atoms with E-state index in [4.69, 9.17) is 0 Å². The summed E-state index contributed by atoms with van der Waals surface area (Å²) < 4.78 is 13.4. The van der Waals surface area contributed by atoms with Crippen LogP contribution in [0.1, 0.15) is 23.1 Å². The highest BCUT2D eigenvalue weighted by Crippen LogP contribution is 2.45. The first kappa shape index (κ1) is 12.6. The lowest BCUT2D eigenvalue weighted by Crippen LogP contribution is -2.24. The lowest BCUT2D eigenvalue weighted by molar-refractivity contribution is 0.507. The van der Waals surface area contributed by atoms with Gasteiger partial charge >= 0.3 is 0 Å². The largest absolute Gasteiger partial charge is 0.312 e. The van der Waals surface area contributed by atoms with E-state index in [1.165, 1.54) is 16.7 Å². The first-order valence-electron chi connectivity index (χ1n) is 6.29. The van der Waals surface area contributed by atoms with Gasteiger partial charge in [-0.25, -0.2) is 4.39 Å². The maximum absolute atomic E-state index is 13.4. The summed E-state index contributed by atoms with van der Waals surface area (Å²) in [5.74, 6) is 1.09. The highest BCUT2D eigenvalue weighted by atomic mass is 32.2. The van der Waals surface area contributed by atoms with Crippen molar-refractivity contribution < 1.29 is 4.39 Å². The van der Waals surface area contributed by atoms with Crippen LogP contribution < -0.4 is 5.32 Å². The van der Waals surface area contributed by atoms with Crippen LogP contribution in [-0.2, 0) is 0 Å². The van der Waals surface area contributed by atoms with Crippen molar-refractivity contribution in [3.05, 3.63) is 59.7 Å². The van der Waals surface area contributed by atoms with E-state index in [1.54, 1.807) is 12.3 Å². The van der Waals surface area contributed by atoms with Crippen molar-refractivity contribution in [3.8, 4) is 0 Å². The zero-order chi connectivity index (χ0) is 13.2. The Morgan fingerprint density at radius 1 is 1.37 bits per heavy atom. The molecule has 0 spiro atoms. The highest BCUT2D eigenvalue weighted by Gasteiger charge is 2.30. The van der Waals surface area contributed by atoms with Gasteiger partial charge in [0.05, 0.1) is 6.20 Å². The SMILES string of the molecule is CNC(c1cncc(F)c1)C1CSc2ccccc21. The minimum Gasteiger partial charge on any atom is -0.312 e. The van der Waals surface area contributed by atoms with Gasteiger partial charge in [-0.2, -0.15) is 0 Å². The van der Waals surface area contributed by atoms with Crippen molar-refractivity contribution in [2.45, 2.75) is 16.9 Å². The van der Waals surface area contributed by atoms with E-state index < -0.39 is 0 Å². The Hall–Kier alpha value is -1.39. The molecule has 0 saturated carbocycles. The van der Waals surface area contributed by atoms with Gasteiger partial charge in [0.25, 0.3) is 0 Å². The molecule has 0 bridgehead atoms. The van der Waals surface area contributed by atoms with Gasteiger partial charge in [-0.1, -0.05) is 18.2 Å². The van der Waals surface area contributed by atoms with Crippen LogP contribution in [-0.4, -0.2) is 17.8 Å². The summed E-state index contributed by atoms with van der Waals surface area (Å²) in [5.41, 5.74) is 2.25. The van der Waals surface area contributed by atoms with E-state index in [0.717, 1.165) is 11.3 Å². The molecule has 0 radical (unpaired) electrons. The summed E-state index contributed by atoms with van der Waals surface area (Å²) in [6.45, 7) is 0. The average Bonchev–Trinajstić information content (AvgIpc) is 2.84. The van der Waals surface area contributed by atoms with Gasteiger partial charge in [-0.3, -0.25) is 4.98 Å². The minimum atomic E-state index is -0.281. The summed E-state index contributed by atoms with van der Waals surface area (Å²) in [6, 6.07) is 10.1. The number of likely N-dealkylation sites (N-methyl/N-ethyl adjacent to an activating group) is 1. The number of halogens is 1. The Morgan fingerprint density at radius 2 is 2.21 bits per heavy atom. The summed E-state index contributed by atoms with van der Waals surface area (Å²) in [5, 5.41) is 3.31. The van der Waals surface area contributed by atoms with Crippen molar-refractivity contribution in [1.29, 1.82) is 0 Å². The fourth-order valence-electron chi connectivity index (χ4n) is 2.66. The Balaban J connectivity index is 1.96. The monoisotopic (exact) mass is 274 g/mol. The van der Waals surface area contributed by atoms with Crippen LogP contribution >= 0.6 is 11.8 Å². The molecule has 1 aromatic heterocycles. The van der Waals surface area contributed by atoms with Gasteiger partial charge in [-0.15, -0.1) is 11.8 Å². The number of fused-ring (bicyclic) bond motifs is 1. The fourth-order valence-corrected chi connectivity index (χ4v) is 3.95. The van der Waals surface area contributed by atoms with Gasteiger partial charge in [0.1, 0.15) is 5.82 Å². The molecule has 4 heteroatoms. The molecule has 0 saturated heterocycles. The third-order valence-electron chi connectivity index (χ3n) is 3.54. The van der Waals surface area contributed by atoms with Crippen LogP contribution in [0.2, 0.25) is 0 Å². The summed E-state index contributed by atoms with van der Waals surface area (Å²) in [6.07, 6.45) is 2.99. The van der Waals surface area contributed by atoms with Crippen molar-refractivity contribution in [2.24, 2.45) is 0 Å². The van der Waals surface area contributed by atoms with Crippen LogP contribution in [0.4, 0.5) is 4.39 Å². The molecular formula is C15H15FN2S. The van der Waals surface area contributed by atoms with Gasteiger partial charge in [-0.05, 0) is 30.3 Å². The molecule has 0 aliphatic carbocycles. The molecule has 0 amide bonds. The molecule has 2 heterocycles. The zero-order valence-corrected chi connectivity index (χ0v) is 11.5. The maximum Gasteiger partial charge on any atom is 0.141 e. The van der Waals surface area contributed by atoms with Crippen LogP contribution in [0.15, 0.2) is 47.6 Å². The number of rotatable bonds is 3. The number of aromatic nitrogens is 1. The lowest BCUT2D eigenvalue weighted by atomic mass is 9.89. The van der Waals surface area contributed by atoms with Crippen molar-refractivity contribution in [2.75, 3.05) is 12.8 Å². The topological polar surface area (TPSA) is 24.9 Å². The van der Waals surface area contributed by atoms with Gasteiger partial charge in [0.2, 0.25) is 0 Å². The second-order valence-electron chi connectivity index (χ2n) is 4.66. The van der Waals surface area contributed by atoms with E-state index in [2.05, 4.69) is 34.6 Å². The summed E-state index contributed by atoms with van der Waals surface area (Å²) >= 11 is 1.86. The molecule has 98 valence electrons. The normalized spacial score (nSPS) is 19.2. The molecular weight excluding hydrogens is 259 g/mol. The van der Waals surface area contributed by atoms with Gasteiger partial charge in [0.15, 0.2) is 0 Å². The molecule has 2 aromatic rings. The molecule has 2 atom stereocenters. The van der Waals surface area contributed by atoms with E-state index >= 15 is 0 Å². The van der Waals surface area contributed by atoms with Gasteiger partial charge in [0, 0.05) is 28.8 Å². The van der Waals surface area contributed by atoms with E-state index in [-0.39, 0.29) is 11.9 Å². The molecule has 1 aliphatic heterocycles. The fraction of sp³-hybridized carbons (Fsp3) is 0.267. The van der Waals surface area contributed by atoms with Crippen LogP contribution in [0, 0.1) is 5.82 Å². The first-order valence-corrected chi connectivity index (χ1v) is 7.27. The number of pyridine rings is 1. The van der Waals surface area contributed by atoms with Crippen molar-refractivity contribution >= 4 is 11.8 Å². The summed E-state index contributed by atoms with van der Waals surface area (Å²) in [4.78, 5) is 5.29. The smallest absolute Gasteiger partial charge is 0.141 e. The van der Waals surface area contributed by atoms with Crippen molar-refractivity contribution in [1.82, 2.24) is 10.3 Å². The van der Waals surface area contributed by atoms with E-state index in [1.807, 2.05) is 18.8 Å². The molecule has 1 aromatic carbocycles. The Kier molecular flexibility index (Phi) is 3.53. The highest BCUT2D eigenvalue weighted by molar-refractivity contribution is 7.99. The standard InChI is InChI=1S/C15H15FN2S/c1-17-15(10-6-11(16)8-18-7-10)13-9-19-14-5-3-2-4-12(13)14/h2-8,13,15,17H,9H2,1H3. The minimum absolute atomic E-state index is 0.0966. The number of nitrogens with zero attached hydrogens (tertiary/aromatic N) is 1. The van der Waals surface area contributed by atoms with E-state index in [9.17, 15) is 4.39 Å². The quantitative estimate of drug-likeness (QED) is 0.929. The molecule has 3 rings (SSSR count). The maximum atomic E-state index is 13.4. The average molecular weight is 274 g/mol. The molecule has 1 N–H and O–H groups in total. The van der Waals surface area contributed by atoms with Crippen LogP contribution in [0.3, 0.4) is 0 Å². The number of hydrogen-bond acceptors (Lipinski definition) is 3. The predicted molar refractivity (Wildman–Crippen MR) is 75.9 cm³/mol. The second-order valence-corrected chi connectivity index (χ2v) is 5.72. The molecule has 1 aliphatic rings. The Morgan fingerprint density at radius 3 is 3.00 bits per heavy atom. The Bertz CT molecular complexity index is 588. The van der Waals surface area contributed by atoms with Crippen LogP contribution in [0.25, 0.3) is 0 Å². The second kappa shape index (κ2) is 5.31. The Labute approximate surface area is 116 Å². The van der Waals surface area contributed by atoms with Crippen molar-refractivity contribution in [3.63, 3.8) is 0 Å². The molecule has 2 nitrogen and oxygen atoms in total. The van der Waals surface area contributed by atoms with Crippen LogP contribution in [0.5, 0.6) is 0 Å². The lowest BCUT2D eigenvalue weighted by Gasteiger charge is -2.23. The molecule has 19 heavy (non-hydrogen) atoms. The van der Waals surface area contributed by atoms with E-state index in [0.29, 0.717) is 5.92 Å². The third-order valence-corrected chi connectivity index (χ3v) is 4.74. The van der Waals surface area contributed by atoms with Gasteiger partial charge < -0.3 is 5.32 Å². The predicted octanol–water partition coefficient (Wildman–Crippen LogP) is 3.37. The first-order chi connectivity index (χ1) is 9.29. The number of hydrogen-bond donors (Lipinski definition) is 1. The zero-order valence-electron chi connectivity index (χ0n) is 10.6. The number of nitrogens with one attached hydrogen (secondary N) is 1. The number of thioether (sulfide) groups is 1. The third kappa shape index (κ3) is 2.38. The molecule has 2 unspecified atom stereocenters.